The second-order valence-corrected chi connectivity index (χ2v) is 18.4. The Morgan fingerprint density at radius 3 is 1.95 bits per heavy atom. The molecular weight excluding hydrogens is 879 g/mol. The third-order valence-electron chi connectivity index (χ3n) is 10.2. The van der Waals surface area contributed by atoms with Gasteiger partial charge in [-0.2, -0.15) is 24.3 Å². The Labute approximate surface area is 344 Å². The number of halogens is 1. The number of pyridine rings is 1. The van der Waals surface area contributed by atoms with Gasteiger partial charge in [0.05, 0.1) is 0 Å². The van der Waals surface area contributed by atoms with Gasteiger partial charge in [0.25, 0.3) is 0 Å². The largest absolute Gasteiger partial charge is 0.493 e. The van der Waals surface area contributed by atoms with Gasteiger partial charge in [0, 0.05) is 49.8 Å². The summed E-state index contributed by atoms with van der Waals surface area (Å²) in [5.74, 6) is 0.523. The Morgan fingerprint density at radius 1 is 0.618 bits per heavy atom. The van der Waals surface area contributed by atoms with Crippen LogP contribution in [0.4, 0.5) is 27.1 Å². The Morgan fingerprint density at radius 2 is 1.27 bits per heavy atom. The van der Waals surface area contributed by atoms with Gasteiger partial charge in [0.1, 0.15) is 11.6 Å². The predicted octanol–water partition coefficient (Wildman–Crippen LogP) is 13.4. The molecule has 284 valence electrons. The molecule has 1 aliphatic heterocycles. The molecule has 1 aliphatic rings. The second-order valence-electron chi connectivity index (χ2n) is 17.3. The fourth-order valence-corrected chi connectivity index (χ4v) is 7.90. The first kappa shape index (κ1) is 38.9. The Bertz CT molecular complexity index is 2520. The first-order valence-corrected chi connectivity index (χ1v) is 19.4. The standard InChI is InChI=1S/C48H46FN4S.Pt/c1-46(2,3)31-21-22-50-45(26-31)53-41-20-17-34(49)27-40(41)39-19-18-38(29-44(39)53)54-37-14-12-13-35(28-37)51-30-52(43-16-11-10-15-42(43)51)36-24-32(47(4,5)6)23-33(25-36)48(7,8)9;/h10-27,30H,1-9H3;/q-3;. The van der Waals surface area contributed by atoms with E-state index in [9.17, 15) is 4.39 Å². The molecule has 0 unspecified atom stereocenters. The van der Waals surface area contributed by atoms with Crippen LogP contribution in [0.3, 0.4) is 0 Å². The van der Waals surface area contributed by atoms with E-state index in [1.165, 1.54) is 22.8 Å². The second kappa shape index (κ2) is 14.3. The summed E-state index contributed by atoms with van der Waals surface area (Å²) in [6, 6.07) is 42.6. The molecule has 0 saturated carbocycles. The minimum absolute atomic E-state index is 0. The average Bonchev–Trinajstić information content (AvgIpc) is 3.66. The molecule has 8 rings (SSSR count). The van der Waals surface area contributed by atoms with E-state index in [0.29, 0.717) is 0 Å². The number of nitrogens with zero attached hydrogens (tertiary/aromatic N) is 4. The number of fused-ring (bicyclic) bond motifs is 4. The minimum atomic E-state index is -0.266. The molecule has 3 heterocycles. The number of hydrogen-bond donors (Lipinski definition) is 0. The smallest absolute Gasteiger partial charge is 0.135 e. The van der Waals surface area contributed by atoms with Crippen LogP contribution in [-0.4, -0.2) is 9.55 Å². The molecule has 7 heteroatoms. The number of para-hydroxylation sites is 2. The molecule has 2 aromatic heterocycles. The molecule has 4 nitrogen and oxygen atoms in total. The molecule has 0 spiro atoms. The summed E-state index contributed by atoms with van der Waals surface area (Å²) in [4.78, 5) is 11.2. The van der Waals surface area contributed by atoms with Gasteiger partial charge < -0.3 is 14.4 Å². The van der Waals surface area contributed by atoms with Crippen molar-refractivity contribution in [3.8, 4) is 5.82 Å². The maximum Gasteiger partial charge on any atom is 0.135 e. The van der Waals surface area contributed by atoms with E-state index in [-0.39, 0.29) is 43.1 Å². The van der Waals surface area contributed by atoms with Gasteiger partial charge >= 0.3 is 0 Å². The topological polar surface area (TPSA) is 24.3 Å². The van der Waals surface area contributed by atoms with Crippen LogP contribution in [-0.2, 0) is 37.3 Å². The maximum atomic E-state index is 14.6. The molecule has 7 aromatic rings. The Hall–Kier alpha value is -4.38. The van der Waals surface area contributed by atoms with E-state index in [1.807, 2.05) is 12.3 Å². The summed E-state index contributed by atoms with van der Waals surface area (Å²) in [6.07, 6.45) is 1.86. The van der Waals surface area contributed by atoms with Crippen molar-refractivity contribution in [1.29, 1.82) is 0 Å². The summed E-state index contributed by atoms with van der Waals surface area (Å²) in [5.41, 5.74) is 9.85. The van der Waals surface area contributed by atoms with Crippen molar-refractivity contribution < 1.29 is 25.5 Å². The maximum absolute atomic E-state index is 14.6. The Kier molecular flexibility index (Phi) is 10.1. The number of hydrogen-bond acceptors (Lipinski definition) is 4. The van der Waals surface area contributed by atoms with Crippen molar-refractivity contribution in [2.45, 2.75) is 88.3 Å². The van der Waals surface area contributed by atoms with Crippen molar-refractivity contribution >= 4 is 56.3 Å². The van der Waals surface area contributed by atoms with E-state index in [2.05, 4.69) is 180 Å². The van der Waals surface area contributed by atoms with Gasteiger partial charge in [0.15, 0.2) is 0 Å². The zero-order valence-corrected chi connectivity index (χ0v) is 35.9. The van der Waals surface area contributed by atoms with Crippen LogP contribution in [0.25, 0.3) is 27.6 Å². The fraction of sp³-hybridized carbons (Fsp3) is 0.250. The van der Waals surface area contributed by atoms with Gasteiger partial charge in [0.2, 0.25) is 0 Å². The number of aromatic nitrogens is 2. The van der Waals surface area contributed by atoms with Crippen LogP contribution in [0.2, 0.25) is 0 Å². The normalized spacial score (nSPS) is 13.4. The molecule has 5 aromatic carbocycles. The molecule has 0 fully saturated rings. The van der Waals surface area contributed by atoms with Crippen LogP contribution < -0.4 is 9.80 Å². The van der Waals surface area contributed by atoms with Crippen molar-refractivity contribution in [1.82, 2.24) is 9.55 Å². The van der Waals surface area contributed by atoms with Gasteiger partial charge in [-0.15, -0.1) is 57.5 Å². The molecule has 55 heavy (non-hydrogen) atoms. The molecule has 0 bridgehead atoms. The third-order valence-corrected chi connectivity index (χ3v) is 11.2. The van der Waals surface area contributed by atoms with Crippen LogP contribution >= 0.6 is 11.8 Å². The van der Waals surface area contributed by atoms with Crippen LogP contribution in [0.15, 0.2) is 119 Å². The predicted molar refractivity (Wildman–Crippen MR) is 224 cm³/mol. The van der Waals surface area contributed by atoms with Crippen molar-refractivity contribution in [3.05, 3.63) is 151 Å². The summed E-state index contributed by atoms with van der Waals surface area (Å²) in [5, 5.41) is 1.77. The van der Waals surface area contributed by atoms with Gasteiger partial charge in [-0.25, -0.2) is 9.37 Å². The number of rotatable bonds is 5. The quantitative estimate of drug-likeness (QED) is 0.161. The zero-order valence-electron chi connectivity index (χ0n) is 32.9. The van der Waals surface area contributed by atoms with Crippen LogP contribution in [0, 0.1) is 24.6 Å². The molecule has 0 amide bonds. The average molecular weight is 925 g/mol. The van der Waals surface area contributed by atoms with Crippen molar-refractivity contribution in [2.75, 3.05) is 9.80 Å². The van der Waals surface area contributed by atoms with Gasteiger partial charge in [-0.3, -0.25) is 0 Å². The first-order chi connectivity index (χ1) is 25.5. The summed E-state index contributed by atoms with van der Waals surface area (Å²) < 4.78 is 16.7. The van der Waals surface area contributed by atoms with Gasteiger partial charge in [-0.05, 0) is 92.9 Å². The Balaban J connectivity index is 0.00000465. The van der Waals surface area contributed by atoms with E-state index < -0.39 is 0 Å². The fourth-order valence-electron chi connectivity index (χ4n) is 7.08. The molecule has 0 radical (unpaired) electrons. The third kappa shape index (κ3) is 7.48. The zero-order chi connectivity index (χ0) is 38.2. The van der Waals surface area contributed by atoms with Crippen LogP contribution in [0.1, 0.15) is 79.0 Å². The SMILES string of the molecule is CC(C)(C)c1cc(N2[CH-]N(c3[c-]c(Sc4[c-]c5c(cc4)c4cc(F)ccc4n5-c4cc(C(C)(C)C)ccn4)ccc3)c3ccccc32)cc(C(C)(C)C)c1.[Pt]. The molecular formula is C48H46FN4PtS-3. The minimum Gasteiger partial charge on any atom is -0.493 e. The molecule has 0 saturated heterocycles. The van der Waals surface area contributed by atoms with E-state index in [4.69, 9.17) is 4.98 Å². The summed E-state index contributed by atoms with van der Waals surface area (Å²) in [6.45, 7) is 22.4. The number of benzene rings is 5. The van der Waals surface area contributed by atoms with E-state index >= 15 is 0 Å². The number of anilines is 4. The molecule has 0 aliphatic carbocycles. The monoisotopic (exact) mass is 924 g/mol. The van der Waals surface area contributed by atoms with Crippen molar-refractivity contribution in [3.63, 3.8) is 0 Å². The summed E-state index contributed by atoms with van der Waals surface area (Å²) >= 11 is 1.61. The first-order valence-electron chi connectivity index (χ1n) is 18.6. The van der Waals surface area contributed by atoms with E-state index in [1.54, 1.807) is 17.8 Å². The van der Waals surface area contributed by atoms with E-state index in [0.717, 1.165) is 60.2 Å². The summed E-state index contributed by atoms with van der Waals surface area (Å²) in [7, 11) is 0. The molecule has 0 N–H and O–H groups in total. The van der Waals surface area contributed by atoms with Gasteiger partial charge in [-0.1, -0.05) is 86.0 Å². The van der Waals surface area contributed by atoms with Crippen LogP contribution in [0.5, 0.6) is 0 Å². The van der Waals surface area contributed by atoms with Crippen molar-refractivity contribution in [2.24, 2.45) is 0 Å². The molecule has 0 atom stereocenters.